The van der Waals surface area contributed by atoms with Crippen molar-refractivity contribution in [2.24, 2.45) is 23.2 Å². The van der Waals surface area contributed by atoms with Crippen molar-refractivity contribution >= 4 is 34.7 Å². The van der Waals surface area contributed by atoms with E-state index in [1.807, 2.05) is 28.9 Å². The number of carboxylic acids is 2. The van der Waals surface area contributed by atoms with Crippen LogP contribution in [0.3, 0.4) is 0 Å². The Balaban J connectivity index is 0.000000535. The van der Waals surface area contributed by atoms with Gasteiger partial charge >= 0.3 is 11.9 Å². The van der Waals surface area contributed by atoms with E-state index in [4.69, 9.17) is 19.8 Å². The Morgan fingerprint density at radius 3 is 2.10 bits per heavy atom. The molecule has 5 fully saturated rings. The number of aromatic nitrogens is 2. The zero-order valence-corrected chi connectivity index (χ0v) is 24.4. The number of rotatable bonds is 8. The summed E-state index contributed by atoms with van der Waals surface area (Å²) in [7, 11) is 0. The molecule has 1 aromatic heterocycles. The van der Waals surface area contributed by atoms with Crippen LogP contribution in [0.1, 0.15) is 75.2 Å². The number of aryl methyl sites for hydroxylation is 1. The molecule has 0 unspecified atom stereocenters. The third kappa shape index (κ3) is 6.61. The first-order chi connectivity index (χ1) is 20.2. The van der Waals surface area contributed by atoms with E-state index < -0.39 is 11.9 Å². The van der Waals surface area contributed by atoms with Crippen LogP contribution in [-0.4, -0.2) is 80.9 Å². The van der Waals surface area contributed by atoms with E-state index in [1.54, 1.807) is 0 Å². The van der Waals surface area contributed by atoms with Crippen LogP contribution in [0, 0.1) is 23.2 Å². The molecule has 11 heteroatoms. The molecule has 7 rings (SSSR count). The third-order valence-corrected chi connectivity index (χ3v) is 9.65. The van der Waals surface area contributed by atoms with E-state index in [0.717, 1.165) is 93.4 Å². The lowest BCUT2D eigenvalue weighted by Crippen LogP contribution is -2.56. The second kappa shape index (κ2) is 12.8. The number of fused-ring (bicyclic) bond motifs is 1. The van der Waals surface area contributed by atoms with Gasteiger partial charge in [0.25, 0.3) is 5.91 Å². The van der Waals surface area contributed by atoms with Gasteiger partial charge in [-0.1, -0.05) is 25.1 Å². The van der Waals surface area contributed by atoms with Gasteiger partial charge in [0, 0.05) is 49.6 Å². The van der Waals surface area contributed by atoms with Crippen molar-refractivity contribution in [3.63, 3.8) is 0 Å². The highest BCUT2D eigenvalue weighted by molar-refractivity contribution is 6.27. The molecule has 4 saturated carbocycles. The van der Waals surface area contributed by atoms with E-state index in [2.05, 4.69) is 27.6 Å². The molecule has 0 spiro atoms. The summed E-state index contributed by atoms with van der Waals surface area (Å²) in [4.78, 5) is 46.9. The number of piperidine rings is 1. The van der Waals surface area contributed by atoms with Crippen molar-refractivity contribution in [1.82, 2.24) is 25.3 Å². The smallest absolute Gasteiger partial charge is 0.414 e. The molecule has 1 saturated heterocycles. The quantitative estimate of drug-likeness (QED) is 0.347. The maximum Gasteiger partial charge on any atom is 0.414 e. The molecule has 2 aromatic rings. The van der Waals surface area contributed by atoms with Crippen LogP contribution in [0.5, 0.6) is 0 Å². The van der Waals surface area contributed by atoms with E-state index >= 15 is 0 Å². The SMILES string of the molecule is CCCn1nc(C(=O)NCCN2CCC(NC(=O)C34CC5CC(CC(C5)C3)C4)CC2)c2ccccc21.O=C(O)C(=O)O. The molecule has 0 radical (unpaired) electrons. The maximum absolute atomic E-state index is 13.4. The first-order valence-electron chi connectivity index (χ1n) is 15.4. The highest BCUT2D eigenvalue weighted by atomic mass is 16.4. The first-order valence-corrected chi connectivity index (χ1v) is 15.4. The normalized spacial score (nSPS) is 26.8. The topological polar surface area (TPSA) is 154 Å². The molecule has 2 heterocycles. The molecular formula is C31H43N5O6. The summed E-state index contributed by atoms with van der Waals surface area (Å²) in [6, 6.07) is 8.26. The summed E-state index contributed by atoms with van der Waals surface area (Å²) < 4.78 is 1.94. The standard InChI is InChI=1S/C29H41N5O2.C2H2O4/c1-2-10-34-25-6-4-3-5-24(25)26(32-34)27(35)30-9-13-33-11-7-23(8-12-33)31-28(36)29-17-20-14-21(18-29)16-22(15-20)19-29;3-1(4)2(5)6/h3-6,20-23H,2,7-19H2,1H3,(H,30,35)(H,31,36);(H,3,4)(H,5,6). The maximum atomic E-state index is 13.4. The molecule has 1 aliphatic heterocycles. The Morgan fingerprint density at radius 1 is 0.929 bits per heavy atom. The number of carbonyl (C=O) groups excluding carboxylic acids is 2. The van der Waals surface area contributed by atoms with Crippen LogP contribution in [0.2, 0.25) is 0 Å². The molecule has 42 heavy (non-hydrogen) atoms. The number of carboxylic acid groups (broad SMARTS) is 2. The fourth-order valence-electron chi connectivity index (χ4n) is 8.12. The molecule has 2 amide bonds. The largest absolute Gasteiger partial charge is 0.473 e. The van der Waals surface area contributed by atoms with E-state index in [9.17, 15) is 9.59 Å². The molecule has 4 N–H and O–H groups in total. The number of carbonyl (C=O) groups is 4. The van der Waals surface area contributed by atoms with Gasteiger partial charge in [0.05, 0.1) is 5.52 Å². The Hall–Kier alpha value is -3.47. The summed E-state index contributed by atoms with van der Waals surface area (Å²) in [5, 5.41) is 26.9. The van der Waals surface area contributed by atoms with Crippen molar-refractivity contribution in [1.29, 1.82) is 0 Å². The van der Waals surface area contributed by atoms with Crippen molar-refractivity contribution in [2.75, 3.05) is 26.2 Å². The van der Waals surface area contributed by atoms with Crippen LogP contribution in [0.25, 0.3) is 10.9 Å². The van der Waals surface area contributed by atoms with Crippen LogP contribution >= 0.6 is 0 Å². The van der Waals surface area contributed by atoms with Gasteiger partial charge in [0.1, 0.15) is 0 Å². The second-order valence-corrected chi connectivity index (χ2v) is 12.7. The fourth-order valence-corrected chi connectivity index (χ4v) is 8.12. The van der Waals surface area contributed by atoms with Gasteiger partial charge in [-0.05, 0) is 81.6 Å². The number of hydrogen-bond acceptors (Lipinski definition) is 6. The minimum Gasteiger partial charge on any atom is -0.473 e. The highest BCUT2D eigenvalue weighted by Crippen LogP contribution is 2.60. The first kappa shape index (κ1) is 30.0. The summed E-state index contributed by atoms with van der Waals surface area (Å²) in [6.45, 7) is 6.30. The van der Waals surface area contributed by atoms with E-state index in [0.29, 0.717) is 24.2 Å². The minimum absolute atomic E-state index is 0.0511. The average molecular weight is 582 g/mol. The Labute approximate surface area is 246 Å². The van der Waals surface area contributed by atoms with Gasteiger partial charge in [-0.3, -0.25) is 14.3 Å². The van der Waals surface area contributed by atoms with Gasteiger partial charge < -0.3 is 25.7 Å². The van der Waals surface area contributed by atoms with Crippen molar-refractivity contribution in [3.05, 3.63) is 30.0 Å². The molecule has 11 nitrogen and oxygen atoms in total. The summed E-state index contributed by atoms with van der Waals surface area (Å²) >= 11 is 0. The number of para-hydroxylation sites is 1. The number of nitrogens with zero attached hydrogens (tertiary/aromatic N) is 3. The molecule has 0 atom stereocenters. The van der Waals surface area contributed by atoms with Crippen LogP contribution in [0.4, 0.5) is 0 Å². The number of amides is 2. The summed E-state index contributed by atoms with van der Waals surface area (Å²) in [5.74, 6) is -0.974. The number of nitrogens with one attached hydrogen (secondary N) is 2. The average Bonchev–Trinajstić information content (AvgIpc) is 3.32. The lowest BCUT2D eigenvalue weighted by Gasteiger charge is -2.56. The second-order valence-electron chi connectivity index (χ2n) is 12.7. The molecule has 4 aliphatic carbocycles. The monoisotopic (exact) mass is 581 g/mol. The lowest BCUT2D eigenvalue weighted by atomic mass is 9.49. The van der Waals surface area contributed by atoms with Crippen LogP contribution < -0.4 is 10.6 Å². The number of benzene rings is 1. The van der Waals surface area contributed by atoms with Gasteiger partial charge in [-0.15, -0.1) is 0 Å². The fraction of sp³-hybridized carbons (Fsp3) is 0.645. The van der Waals surface area contributed by atoms with Gasteiger partial charge in [0.15, 0.2) is 5.69 Å². The third-order valence-electron chi connectivity index (χ3n) is 9.65. The van der Waals surface area contributed by atoms with Crippen molar-refractivity contribution in [2.45, 2.75) is 77.3 Å². The summed E-state index contributed by atoms with van der Waals surface area (Å²) in [5.41, 5.74) is 1.48. The van der Waals surface area contributed by atoms with E-state index in [1.165, 1.54) is 19.3 Å². The predicted octanol–water partition coefficient (Wildman–Crippen LogP) is 3.13. The van der Waals surface area contributed by atoms with Gasteiger partial charge in [-0.2, -0.15) is 5.10 Å². The van der Waals surface area contributed by atoms with Crippen LogP contribution in [-0.2, 0) is 20.9 Å². The zero-order chi connectivity index (χ0) is 29.9. The van der Waals surface area contributed by atoms with E-state index in [-0.39, 0.29) is 11.3 Å². The number of hydrogen-bond donors (Lipinski definition) is 4. The molecule has 228 valence electrons. The zero-order valence-electron chi connectivity index (χ0n) is 24.4. The summed E-state index contributed by atoms with van der Waals surface area (Å²) in [6.07, 6.45) is 10.5. The highest BCUT2D eigenvalue weighted by Gasteiger charge is 2.54. The molecular weight excluding hydrogens is 538 g/mol. The number of aliphatic carboxylic acids is 2. The Kier molecular flexibility index (Phi) is 9.15. The Bertz CT molecular complexity index is 1270. The van der Waals surface area contributed by atoms with Gasteiger partial charge in [0.2, 0.25) is 5.91 Å². The predicted molar refractivity (Wildman–Crippen MR) is 156 cm³/mol. The Morgan fingerprint density at radius 2 is 1.52 bits per heavy atom. The van der Waals surface area contributed by atoms with Crippen LogP contribution in [0.15, 0.2) is 24.3 Å². The minimum atomic E-state index is -1.82. The molecule has 1 aromatic carbocycles. The van der Waals surface area contributed by atoms with Crippen molar-refractivity contribution < 1.29 is 29.4 Å². The van der Waals surface area contributed by atoms with Crippen molar-refractivity contribution in [3.8, 4) is 0 Å². The number of likely N-dealkylation sites (tertiary alicyclic amines) is 1. The molecule has 4 bridgehead atoms. The molecule has 5 aliphatic rings. The van der Waals surface area contributed by atoms with Gasteiger partial charge in [-0.25, -0.2) is 9.59 Å². The lowest BCUT2D eigenvalue weighted by molar-refractivity contribution is -0.159.